The predicted molar refractivity (Wildman–Crippen MR) is 80.8 cm³/mol. The van der Waals surface area contributed by atoms with Crippen LogP contribution in [0.2, 0.25) is 10.0 Å². The minimum Gasteiger partial charge on any atom is -0.482 e. The normalized spacial score (nSPS) is 9.63. The largest absolute Gasteiger partial charge is 0.482 e. The molecule has 4 nitrogen and oxygen atoms in total. The highest BCUT2D eigenvalue weighted by atomic mass is 35.5. The van der Waals surface area contributed by atoms with E-state index in [0.29, 0.717) is 22.3 Å². The van der Waals surface area contributed by atoms with Gasteiger partial charge in [-0.15, -0.1) is 12.4 Å². The van der Waals surface area contributed by atoms with E-state index < -0.39 is 0 Å². The van der Waals surface area contributed by atoms with Crippen molar-refractivity contribution < 1.29 is 9.53 Å². The van der Waals surface area contributed by atoms with Crippen molar-refractivity contribution in [2.24, 2.45) is 0 Å². The van der Waals surface area contributed by atoms with Crippen LogP contribution in [0.15, 0.2) is 18.2 Å². The lowest BCUT2D eigenvalue weighted by atomic mass is 10.3. The molecule has 1 aromatic carbocycles. The van der Waals surface area contributed by atoms with E-state index >= 15 is 0 Å². The zero-order chi connectivity index (χ0) is 13.4. The van der Waals surface area contributed by atoms with Gasteiger partial charge >= 0.3 is 0 Å². The smallest absolute Gasteiger partial charge is 0.257 e. The molecule has 0 fully saturated rings. The number of hydrogen-bond donors (Lipinski definition) is 2. The summed E-state index contributed by atoms with van der Waals surface area (Å²) in [5, 5.41) is 6.67. The van der Waals surface area contributed by atoms with Crippen molar-refractivity contribution in [1.82, 2.24) is 10.6 Å². The van der Waals surface area contributed by atoms with Gasteiger partial charge in [-0.2, -0.15) is 0 Å². The van der Waals surface area contributed by atoms with Gasteiger partial charge in [0.2, 0.25) is 0 Å². The maximum absolute atomic E-state index is 11.4. The van der Waals surface area contributed by atoms with Crippen LogP contribution in [-0.2, 0) is 4.79 Å². The molecule has 0 heterocycles. The van der Waals surface area contributed by atoms with Crippen LogP contribution in [-0.4, -0.2) is 32.7 Å². The maximum atomic E-state index is 11.4. The average molecular weight is 328 g/mol. The number of ether oxygens (including phenoxy) is 1. The zero-order valence-corrected chi connectivity index (χ0v) is 12.9. The Hall–Kier alpha value is -0.680. The summed E-state index contributed by atoms with van der Waals surface area (Å²) in [6, 6.07) is 4.87. The topological polar surface area (TPSA) is 50.4 Å². The molecule has 108 valence electrons. The molecule has 0 atom stereocenters. The molecule has 0 radical (unpaired) electrons. The van der Waals surface area contributed by atoms with Crippen molar-refractivity contribution >= 4 is 41.5 Å². The van der Waals surface area contributed by atoms with E-state index in [-0.39, 0.29) is 24.9 Å². The third-order valence-electron chi connectivity index (χ3n) is 2.18. The fourth-order valence-corrected chi connectivity index (χ4v) is 1.74. The number of benzene rings is 1. The van der Waals surface area contributed by atoms with Crippen LogP contribution in [0.25, 0.3) is 0 Å². The van der Waals surface area contributed by atoms with E-state index in [9.17, 15) is 4.79 Å². The number of rotatable bonds is 7. The quantitative estimate of drug-likeness (QED) is 0.757. The lowest BCUT2D eigenvalue weighted by molar-refractivity contribution is -0.123. The molecule has 7 heteroatoms. The summed E-state index contributed by atoms with van der Waals surface area (Å²) in [5.41, 5.74) is 0. The second-order valence-electron chi connectivity index (χ2n) is 3.67. The third kappa shape index (κ3) is 7.47. The van der Waals surface area contributed by atoms with Crippen LogP contribution in [0.4, 0.5) is 0 Å². The minimum absolute atomic E-state index is 0. The number of hydrogen-bond acceptors (Lipinski definition) is 3. The van der Waals surface area contributed by atoms with Gasteiger partial charge < -0.3 is 15.4 Å². The molecule has 1 aromatic rings. The van der Waals surface area contributed by atoms with Crippen LogP contribution >= 0.6 is 35.6 Å². The molecule has 1 rings (SSSR count). The van der Waals surface area contributed by atoms with Gasteiger partial charge in [-0.25, -0.2) is 0 Å². The fraction of sp³-hybridized carbons (Fsp3) is 0.417. The minimum atomic E-state index is -0.169. The average Bonchev–Trinajstić information content (AvgIpc) is 2.33. The highest BCUT2D eigenvalue weighted by molar-refractivity contribution is 6.35. The molecule has 0 spiro atoms. The molecule has 1 amide bonds. The molecule has 0 aliphatic heterocycles. The molecule has 0 aliphatic carbocycles. The highest BCUT2D eigenvalue weighted by Gasteiger charge is 2.05. The summed E-state index contributed by atoms with van der Waals surface area (Å²) < 4.78 is 5.29. The van der Waals surface area contributed by atoms with Gasteiger partial charge in [0.25, 0.3) is 5.91 Å². The van der Waals surface area contributed by atoms with Crippen molar-refractivity contribution in [3.63, 3.8) is 0 Å². The molecule has 2 N–H and O–H groups in total. The summed E-state index contributed by atoms with van der Waals surface area (Å²) in [7, 11) is 1.87. The predicted octanol–water partition coefficient (Wildman–Crippen LogP) is 2.52. The molecule has 0 aromatic heterocycles. The summed E-state index contributed by atoms with van der Waals surface area (Å²) in [6.45, 7) is 1.43. The molecule has 0 bridgehead atoms. The molecular formula is C12H17Cl3N2O2. The van der Waals surface area contributed by atoms with Crippen LogP contribution in [0.3, 0.4) is 0 Å². The van der Waals surface area contributed by atoms with Gasteiger partial charge in [-0.3, -0.25) is 4.79 Å². The molecule has 0 unspecified atom stereocenters. The number of carbonyl (C=O) groups is 1. The van der Waals surface area contributed by atoms with Gasteiger partial charge in [-0.1, -0.05) is 23.2 Å². The van der Waals surface area contributed by atoms with Crippen molar-refractivity contribution in [2.75, 3.05) is 26.7 Å². The van der Waals surface area contributed by atoms with E-state index in [1.165, 1.54) is 0 Å². The van der Waals surface area contributed by atoms with Gasteiger partial charge in [0.05, 0.1) is 5.02 Å². The van der Waals surface area contributed by atoms with E-state index in [1.54, 1.807) is 18.2 Å². The lowest BCUT2D eigenvalue weighted by Crippen LogP contribution is -2.31. The lowest BCUT2D eigenvalue weighted by Gasteiger charge is -2.08. The van der Waals surface area contributed by atoms with Crippen LogP contribution in [0, 0.1) is 0 Å². The van der Waals surface area contributed by atoms with Crippen LogP contribution < -0.4 is 15.4 Å². The molecule has 0 saturated heterocycles. The zero-order valence-electron chi connectivity index (χ0n) is 10.5. The SMILES string of the molecule is CNCCCNC(=O)COc1ccc(Cl)cc1Cl.Cl. The van der Waals surface area contributed by atoms with E-state index in [0.717, 1.165) is 13.0 Å². The van der Waals surface area contributed by atoms with Crippen molar-refractivity contribution in [3.8, 4) is 5.75 Å². The Morgan fingerprint density at radius 1 is 1.32 bits per heavy atom. The first kappa shape index (κ1) is 18.3. The highest BCUT2D eigenvalue weighted by Crippen LogP contribution is 2.27. The molecule has 0 aliphatic rings. The number of nitrogens with one attached hydrogen (secondary N) is 2. The summed E-state index contributed by atoms with van der Waals surface area (Å²) in [5.74, 6) is 0.281. The number of halogens is 3. The van der Waals surface area contributed by atoms with E-state index in [2.05, 4.69) is 10.6 Å². The Bertz CT molecular complexity index is 403. The number of amides is 1. The van der Waals surface area contributed by atoms with Gasteiger partial charge in [0, 0.05) is 11.6 Å². The third-order valence-corrected chi connectivity index (χ3v) is 2.71. The maximum Gasteiger partial charge on any atom is 0.257 e. The van der Waals surface area contributed by atoms with Crippen molar-refractivity contribution in [1.29, 1.82) is 0 Å². The van der Waals surface area contributed by atoms with Crippen molar-refractivity contribution in [2.45, 2.75) is 6.42 Å². The van der Waals surface area contributed by atoms with Gasteiger partial charge in [0.1, 0.15) is 5.75 Å². The standard InChI is InChI=1S/C12H16Cl2N2O2.ClH/c1-15-5-2-6-16-12(17)8-18-11-4-3-9(13)7-10(11)14;/h3-4,7,15H,2,5-6,8H2,1H3,(H,16,17);1H. The Labute approximate surface area is 129 Å². The molecule has 19 heavy (non-hydrogen) atoms. The van der Waals surface area contributed by atoms with E-state index in [4.69, 9.17) is 27.9 Å². The summed E-state index contributed by atoms with van der Waals surface area (Å²) in [4.78, 5) is 11.4. The van der Waals surface area contributed by atoms with Gasteiger partial charge in [0.15, 0.2) is 6.61 Å². The first-order valence-electron chi connectivity index (χ1n) is 5.62. The Balaban J connectivity index is 0.00000324. The Morgan fingerprint density at radius 3 is 2.68 bits per heavy atom. The van der Waals surface area contributed by atoms with Gasteiger partial charge in [-0.05, 0) is 38.2 Å². The fourth-order valence-electron chi connectivity index (χ4n) is 1.28. The number of carbonyl (C=O) groups excluding carboxylic acids is 1. The van der Waals surface area contributed by atoms with Crippen LogP contribution in [0.1, 0.15) is 6.42 Å². The van der Waals surface area contributed by atoms with Crippen LogP contribution in [0.5, 0.6) is 5.75 Å². The van der Waals surface area contributed by atoms with Crippen molar-refractivity contribution in [3.05, 3.63) is 28.2 Å². The monoisotopic (exact) mass is 326 g/mol. The molecule has 0 saturated carbocycles. The molecular weight excluding hydrogens is 311 g/mol. The second-order valence-corrected chi connectivity index (χ2v) is 4.51. The Morgan fingerprint density at radius 2 is 2.05 bits per heavy atom. The van der Waals surface area contributed by atoms with E-state index in [1.807, 2.05) is 7.05 Å². The summed E-state index contributed by atoms with van der Waals surface area (Å²) >= 11 is 11.7. The summed E-state index contributed by atoms with van der Waals surface area (Å²) in [6.07, 6.45) is 0.879. The Kier molecular flexibility index (Phi) is 9.79. The second kappa shape index (κ2) is 10.1. The first-order chi connectivity index (χ1) is 8.63. The first-order valence-corrected chi connectivity index (χ1v) is 6.38.